The number of rotatable bonds is 13. The summed E-state index contributed by atoms with van der Waals surface area (Å²) >= 11 is 0. The molecular formula is C31H46N2O7. The topological polar surface area (TPSA) is 133 Å². The molecule has 0 saturated heterocycles. The first-order valence-corrected chi connectivity index (χ1v) is 14.5. The quantitative estimate of drug-likeness (QED) is 0.222. The van der Waals surface area contributed by atoms with Crippen molar-refractivity contribution >= 4 is 11.9 Å². The lowest BCUT2D eigenvalue weighted by molar-refractivity contribution is -0.134. The van der Waals surface area contributed by atoms with Crippen LogP contribution in [0.3, 0.4) is 0 Å². The van der Waals surface area contributed by atoms with Gasteiger partial charge in [0.2, 0.25) is 0 Å². The van der Waals surface area contributed by atoms with Gasteiger partial charge in [0.1, 0.15) is 5.76 Å². The number of carboxylic acids is 2. The van der Waals surface area contributed by atoms with Gasteiger partial charge in [0.25, 0.3) is 0 Å². The highest BCUT2D eigenvalue weighted by atomic mass is 16.6. The monoisotopic (exact) mass is 558 g/mol. The van der Waals surface area contributed by atoms with Crippen molar-refractivity contribution < 1.29 is 28.6 Å². The fourth-order valence-electron chi connectivity index (χ4n) is 6.72. The number of aryl methyl sites for hydroxylation is 1. The van der Waals surface area contributed by atoms with Crippen molar-refractivity contribution in [1.29, 1.82) is 0 Å². The van der Waals surface area contributed by atoms with Crippen LogP contribution in [0.5, 0.6) is 0 Å². The number of hydrogen-bond donors (Lipinski definition) is 3. The maximum atomic E-state index is 11.5. The number of aliphatic carboxylic acids is 2. The molecule has 4 aliphatic rings. The van der Waals surface area contributed by atoms with Crippen LogP contribution in [-0.2, 0) is 16.1 Å². The largest absolute Gasteiger partial charge is 0.519 e. The van der Waals surface area contributed by atoms with Crippen molar-refractivity contribution in [2.75, 3.05) is 19.6 Å². The Bertz CT molecular complexity index is 1090. The van der Waals surface area contributed by atoms with Gasteiger partial charge in [-0.05, 0) is 96.3 Å². The average molecular weight is 559 g/mol. The molecule has 4 saturated carbocycles. The van der Waals surface area contributed by atoms with Crippen molar-refractivity contribution in [3.05, 3.63) is 57.6 Å². The second-order valence-electron chi connectivity index (χ2n) is 12.0. The number of carboxylic acid groups (broad SMARTS) is 2. The van der Waals surface area contributed by atoms with Crippen LogP contribution < -0.4 is 11.1 Å². The Kier molecular flexibility index (Phi) is 12.0. The van der Waals surface area contributed by atoms with Crippen LogP contribution in [-0.4, -0.2) is 52.7 Å². The Balaban J connectivity index is 0.000000482. The lowest BCUT2D eigenvalue weighted by Crippen LogP contribution is -2.55. The lowest BCUT2D eigenvalue weighted by atomic mass is 9.54. The average Bonchev–Trinajstić information content (AvgIpc) is 3.18. The van der Waals surface area contributed by atoms with E-state index in [1.165, 1.54) is 43.3 Å². The highest BCUT2D eigenvalue weighted by Crippen LogP contribution is 2.53. The zero-order valence-electron chi connectivity index (χ0n) is 24.4. The molecular weight excluding hydrogens is 512 g/mol. The van der Waals surface area contributed by atoms with Crippen LogP contribution >= 0.6 is 0 Å². The number of nitrogens with one attached hydrogen (secondary N) is 1. The summed E-state index contributed by atoms with van der Waals surface area (Å²) in [6, 6.07) is 0.708. The van der Waals surface area contributed by atoms with Crippen LogP contribution in [0, 0.1) is 30.6 Å². The van der Waals surface area contributed by atoms with Crippen LogP contribution in [0.25, 0.3) is 0 Å². The molecule has 1 heterocycles. The molecule has 5 rings (SSSR count). The highest BCUT2D eigenvalue weighted by molar-refractivity contribution is 5.89. The smallest absolute Gasteiger partial charge is 0.478 e. The third kappa shape index (κ3) is 10.2. The summed E-state index contributed by atoms with van der Waals surface area (Å²) in [5.41, 5.74) is 2.78. The van der Waals surface area contributed by atoms with Crippen molar-refractivity contribution in [3.8, 4) is 0 Å². The predicted octanol–water partition coefficient (Wildman–Crippen LogP) is 5.16. The van der Waals surface area contributed by atoms with Gasteiger partial charge >= 0.3 is 17.8 Å². The second kappa shape index (κ2) is 15.2. The maximum Gasteiger partial charge on any atom is 0.519 e. The molecule has 9 nitrogen and oxygen atoms in total. The van der Waals surface area contributed by atoms with E-state index < -0.39 is 17.8 Å². The minimum atomic E-state index is -1.26. The van der Waals surface area contributed by atoms with Crippen molar-refractivity contribution in [2.45, 2.75) is 85.2 Å². The lowest BCUT2D eigenvalue weighted by Gasteiger charge is -2.54. The molecule has 0 atom stereocenters. The van der Waals surface area contributed by atoms with E-state index in [4.69, 9.17) is 19.0 Å². The van der Waals surface area contributed by atoms with E-state index in [0.29, 0.717) is 36.3 Å². The molecule has 9 heteroatoms. The van der Waals surface area contributed by atoms with Gasteiger partial charge in [0, 0.05) is 37.8 Å². The fraction of sp³-hybridized carbons (Fsp3) is 0.645. The van der Waals surface area contributed by atoms with E-state index in [-0.39, 0.29) is 0 Å². The van der Waals surface area contributed by atoms with Crippen LogP contribution in [0.1, 0.15) is 77.2 Å². The third-order valence-electron chi connectivity index (χ3n) is 8.40. The second-order valence-corrected chi connectivity index (χ2v) is 12.0. The van der Waals surface area contributed by atoms with Gasteiger partial charge < -0.3 is 24.4 Å². The van der Waals surface area contributed by atoms with Crippen LogP contribution in [0.4, 0.5) is 0 Å². The van der Waals surface area contributed by atoms with E-state index in [9.17, 15) is 14.4 Å². The zero-order valence-corrected chi connectivity index (χ0v) is 24.4. The summed E-state index contributed by atoms with van der Waals surface area (Å²) in [5, 5.41) is 19.6. The van der Waals surface area contributed by atoms with Gasteiger partial charge in [-0.1, -0.05) is 23.3 Å². The minimum absolute atomic E-state index is 0.558. The van der Waals surface area contributed by atoms with E-state index in [0.717, 1.165) is 56.1 Å². The number of carbonyl (C=O) groups is 2. The predicted molar refractivity (Wildman–Crippen MR) is 153 cm³/mol. The van der Waals surface area contributed by atoms with Gasteiger partial charge in [-0.2, -0.15) is 0 Å². The first-order chi connectivity index (χ1) is 19.0. The molecule has 0 unspecified atom stereocenters. The van der Waals surface area contributed by atoms with Gasteiger partial charge in [0.05, 0.1) is 6.54 Å². The number of nitrogens with zero attached hydrogens (tertiary/aromatic N) is 1. The molecule has 0 spiro atoms. The molecule has 1 aromatic rings. The highest BCUT2D eigenvalue weighted by Gasteiger charge is 2.47. The summed E-state index contributed by atoms with van der Waals surface area (Å²) in [6.45, 7) is 11.7. The first kappa shape index (κ1) is 31.6. The fourth-order valence-corrected chi connectivity index (χ4v) is 6.72. The van der Waals surface area contributed by atoms with Crippen molar-refractivity contribution in [2.24, 2.45) is 23.7 Å². The van der Waals surface area contributed by atoms with Crippen molar-refractivity contribution in [1.82, 2.24) is 10.2 Å². The Hall–Kier alpha value is -2.91. The Morgan fingerprint density at radius 1 is 0.950 bits per heavy atom. The van der Waals surface area contributed by atoms with Gasteiger partial charge in [-0.15, -0.1) is 0 Å². The van der Waals surface area contributed by atoms with E-state index >= 15 is 0 Å². The maximum absolute atomic E-state index is 11.5. The summed E-state index contributed by atoms with van der Waals surface area (Å²) in [4.78, 5) is 33.0. The summed E-state index contributed by atoms with van der Waals surface area (Å²) < 4.78 is 10.4. The van der Waals surface area contributed by atoms with E-state index in [2.05, 4.69) is 43.1 Å². The van der Waals surface area contributed by atoms with Gasteiger partial charge in [0.15, 0.2) is 5.76 Å². The van der Waals surface area contributed by atoms with E-state index in [1.807, 2.05) is 6.92 Å². The number of hydrogen-bond acceptors (Lipinski definition) is 7. The summed E-state index contributed by atoms with van der Waals surface area (Å²) in [5.74, 6) is 1.95. The molecule has 4 aliphatic carbocycles. The summed E-state index contributed by atoms with van der Waals surface area (Å²) in [7, 11) is 0. The normalized spacial score (nSPS) is 25.2. The van der Waals surface area contributed by atoms with Gasteiger partial charge in [-0.3, -0.25) is 4.90 Å². The van der Waals surface area contributed by atoms with E-state index in [1.54, 1.807) is 0 Å². The molecule has 0 radical (unpaired) electrons. The molecule has 222 valence electrons. The van der Waals surface area contributed by atoms with Crippen LogP contribution in [0.15, 0.2) is 49.1 Å². The Morgan fingerprint density at radius 3 is 2.05 bits per heavy atom. The minimum Gasteiger partial charge on any atom is -0.478 e. The van der Waals surface area contributed by atoms with Crippen molar-refractivity contribution in [3.63, 3.8) is 0 Å². The molecule has 4 fully saturated rings. The molecule has 0 aliphatic heterocycles. The molecule has 0 aromatic carbocycles. The molecule has 4 bridgehead atoms. The molecule has 1 aromatic heterocycles. The first-order valence-electron chi connectivity index (χ1n) is 14.5. The van der Waals surface area contributed by atoms with Crippen LogP contribution in [0.2, 0.25) is 0 Å². The molecule has 40 heavy (non-hydrogen) atoms. The third-order valence-corrected chi connectivity index (χ3v) is 8.40. The zero-order chi connectivity index (χ0) is 29.2. The molecule has 3 N–H and O–H groups in total. The SMILES string of the molecule is CC(C)=CCC/C(C)=C/CN(CCNC1C2CC3CC(C2)CC1C3)Cc1oc(=O)oc1C.O=C(O)/C=C\C(=O)O. The Morgan fingerprint density at radius 2 is 1.55 bits per heavy atom. The standard InChI is InChI=1S/C27H42N2O3.C4H4O4/c1-18(2)6-5-7-19(3)8-10-29(17-25-20(4)31-27(30)32-25)11-9-28-26-23-13-21-12-22(15-23)16-24(26)14-21;5-3(6)1-2-4(7)8/h6,8,21-24,26,28H,5,7,9-17H2,1-4H3;1-2H,(H,5,6)(H,7,8)/b19-8+;2-1-. The molecule has 0 amide bonds. The number of allylic oxidation sites excluding steroid dienone is 3. The summed E-state index contributed by atoms with van der Waals surface area (Å²) in [6.07, 6.45) is 15.2. The van der Waals surface area contributed by atoms with Gasteiger partial charge in [-0.25, -0.2) is 14.4 Å². The Labute approximate surface area is 237 Å².